The van der Waals surface area contributed by atoms with Gasteiger partial charge in [0.15, 0.2) is 12.4 Å². The lowest BCUT2D eigenvalue weighted by Gasteiger charge is -2.26. The van der Waals surface area contributed by atoms with Gasteiger partial charge in [-0.05, 0) is 41.8 Å². The summed E-state index contributed by atoms with van der Waals surface area (Å²) >= 11 is 0. The summed E-state index contributed by atoms with van der Waals surface area (Å²) in [6, 6.07) is 21.2. The first-order valence-corrected chi connectivity index (χ1v) is 14.3. The molecule has 46 heavy (non-hydrogen) atoms. The van der Waals surface area contributed by atoms with Gasteiger partial charge in [-0.15, -0.1) is 0 Å². The van der Waals surface area contributed by atoms with E-state index in [0.717, 1.165) is 11.1 Å². The lowest BCUT2D eigenvalue weighted by atomic mass is 9.83. The molecule has 5 aromatic rings. The molecular weight excluding hydrogens is 619 g/mol. The number of halogens is 9. The second kappa shape index (κ2) is 8.98. The SMILES string of the molecule is Cc1ccc2[n+](c1)C1C(c3c-2c(C(F)(F)F)cc(C(F)(F)F)c3C(F)(F)F)C12c1ccccc1-c1cc(-c3ccccc3)cc[n+]12. The van der Waals surface area contributed by atoms with Crippen LogP contribution in [0, 0.1) is 6.92 Å². The number of aryl methyl sites for hydroxylation is 1. The first-order valence-electron chi connectivity index (χ1n) is 14.3. The molecule has 8 rings (SSSR count). The smallest absolute Gasteiger partial charge is 0.187 e. The third-order valence-electron chi connectivity index (χ3n) is 9.48. The topological polar surface area (TPSA) is 7.76 Å². The quantitative estimate of drug-likeness (QED) is 0.128. The molecule has 2 nitrogen and oxygen atoms in total. The summed E-state index contributed by atoms with van der Waals surface area (Å²) in [4.78, 5) is 0. The summed E-state index contributed by atoms with van der Waals surface area (Å²) in [6.07, 6.45) is -13.5. The van der Waals surface area contributed by atoms with Crippen LogP contribution in [0.3, 0.4) is 0 Å². The van der Waals surface area contributed by atoms with Crippen molar-refractivity contribution in [3.8, 4) is 33.6 Å². The van der Waals surface area contributed by atoms with Crippen molar-refractivity contribution in [3.05, 3.63) is 131 Å². The van der Waals surface area contributed by atoms with Crippen LogP contribution in [0.2, 0.25) is 0 Å². The van der Waals surface area contributed by atoms with Crippen LogP contribution in [-0.2, 0) is 24.1 Å². The summed E-state index contributed by atoms with van der Waals surface area (Å²) in [5.41, 5.74) is -5.64. The highest BCUT2D eigenvalue weighted by atomic mass is 19.4. The van der Waals surface area contributed by atoms with Gasteiger partial charge in [0, 0.05) is 29.3 Å². The Hall–Kier alpha value is -4.67. The maximum atomic E-state index is 14.9. The van der Waals surface area contributed by atoms with Crippen molar-refractivity contribution in [2.24, 2.45) is 0 Å². The summed E-state index contributed by atoms with van der Waals surface area (Å²) < 4.78 is 135. The Kier molecular flexibility index (Phi) is 5.62. The van der Waals surface area contributed by atoms with Gasteiger partial charge in [0.1, 0.15) is 5.92 Å². The molecule has 3 aromatic carbocycles. The molecule has 0 N–H and O–H groups in total. The molecule has 0 bridgehead atoms. The molecule has 1 aliphatic carbocycles. The number of alkyl halides is 9. The van der Waals surface area contributed by atoms with Gasteiger partial charge in [-0.1, -0.05) is 48.5 Å². The fraction of sp³-hybridized carbons (Fsp3) is 0.200. The van der Waals surface area contributed by atoms with Crippen LogP contribution in [0.4, 0.5) is 39.5 Å². The highest BCUT2D eigenvalue weighted by Gasteiger charge is 2.87. The van der Waals surface area contributed by atoms with E-state index in [1.54, 1.807) is 54.2 Å². The van der Waals surface area contributed by atoms with Crippen LogP contribution in [0.25, 0.3) is 33.6 Å². The predicted octanol–water partition coefficient (Wildman–Crippen LogP) is 9.04. The molecule has 1 saturated carbocycles. The summed E-state index contributed by atoms with van der Waals surface area (Å²) in [5.74, 6) is -1.41. The van der Waals surface area contributed by atoms with Crippen LogP contribution >= 0.6 is 0 Å². The Morgan fingerprint density at radius 3 is 2.00 bits per heavy atom. The molecule has 0 saturated heterocycles. The second-order valence-corrected chi connectivity index (χ2v) is 12.0. The Labute approximate surface area is 256 Å². The van der Waals surface area contributed by atoms with E-state index in [9.17, 15) is 39.5 Å². The predicted molar refractivity (Wildman–Crippen MR) is 148 cm³/mol. The first-order chi connectivity index (χ1) is 21.6. The molecule has 3 aliphatic rings. The van der Waals surface area contributed by atoms with E-state index in [-0.39, 0.29) is 11.8 Å². The summed E-state index contributed by atoms with van der Waals surface area (Å²) in [7, 11) is 0. The molecule has 2 aromatic heterocycles. The number of hydrogen-bond acceptors (Lipinski definition) is 0. The molecule has 4 heterocycles. The van der Waals surface area contributed by atoms with E-state index in [4.69, 9.17) is 0 Å². The molecule has 0 amide bonds. The molecular formula is C35H21F9N2+2. The van der Waals surface area contributed by atoms with Gasteiger partial charge in [-0.3, -0.25) is 0 Å². The summed E-state index contributed by atoms with van der Waals surface area (Å²) in [5, 5.41) is 0. The third kappa shape index (κ3) is 3.74. The second-order valence-electron chi connectivity index (χ2n) is 12.0. The zero-order valence-corrected chi connectivity index (χ0v) is 23.7. The Morgan fingerprint density at radius 2 is 1.33 bits per heavy atom. The van der Waals surface area contributed by atoms with Crippen molar-refractivity contribution in [3.63, 3.8) is 0 Å². The van der Waals surface area contributed by atoms with Crippen LogP contribution < -0.4 is 9.13 Å². The van der Waals surface area contributed by atoms with E-state index in [1.807, 2.05) is 36.4 Å². The zero-order chi connectivity index (χ0) is 32.6. The first kappa shape index (κ1) is 28.8. The van der Waals surface area contributed by atoms with Crippen molar-refractivity contribution in [1.29, 1.82) is 0 Å². The van der Waals surface area contributed by atoms with Crippen LogP contribution in [0.5, 0.6) is 0 Å². The van der Waals surface area contributed by atoms with Gasteiger partial charge in [0.05, 0.1) is 27.8 Å². The molecule has 2 aliphatic heterocycles. The molecule has 11 heteroatoms. The highest BCUT2D eigenvalue weighted by molar-refractivity contribution is 5.79. The van der Waals surface area contributed by atoms with Gasteiger partial charge in [-0.25, -0.2) is 0 Å². The van der Waals surface area contributed by atoms with E-state index >= 15 is 0 Å². The fourth-order valence-corrected chi connectivity index (χ4v) is 7.87. The van der Waals surface area contributed by atoms with Gasteiger partial charge < -0.3 is 0 Å². The zero-order valence-electron chi connectivity index (χ0n) is 23.7. The molecule has 3 atom stereocenters. The number of rotatable bonds is 1. The highest BCUT2D eigenvalue weighted by Crippen LogP contribution is 2.72. The normalized spacial score (nSPS) is 20.9. The molecule has 1 spiro atoms. The van der Waals surface area contributed by atoms with Crippen LogP contribution in [0.1, 0.15) is 45.3 Å². The van der Waals surface area contributed by atoms with Crippen molar-refractivity contribution >= 4 is 0 Å². The number of fused-ring (bicyclic) bond motifs is 13. The molecule has 0 radical (unpaired) electrons. The number of nitrogens with zero attached hydrogens (tertiary/aromatic N) is 2. The van der Waals surface area contributed by atoms with Crippen molar-refractivity contribution in [2.75, 3.05) is 0 Å². The number of hydrogen-bond donors (Lipinski definition) is 0. The minimum atomic E-state index is -5.71. The van der Waals surface area contributed by atoms with Crippen molar-refractivity contribution in [2.45, 2.75) is 43.0 Å². The van der Waals surface area contributed by atoms with Crippen LogP contribution in [0.15, 0.2) is 97.3 Å². The fourth-order valence-electron chi connectivity index (χ4n) is 7.87. The maximum absolute atomic E-state index is 14.9. The Balaban J connectivity index is 1.52. The average molecular weight is 641 g/mol. The largest absolute Gasteiger partial charge is 0.417 e. The van der Waals surface area contributed by atoms with Crippen molar-refractivity contribution < 1.29 is 48.6 Å². The minimum absolute atomic E-state index is 0.224. The van der Waals surface area contributed by atoms with Gasteiger partial charge >= 0.3 is 18.5 Å². The van der Waals surface area contributed by atoms with E-state index in [2.05, 4.69) is 0 Å². The lowest BCUT2D eigenvalue weighted by Crippen LogP contribution is -2.51. The monoisotopic (exact) mass is 640 g/mol. The summed E-state index contributed by atoms with van der Waals surface area (Å²) in [6.45, 7) is 1.70. The Morgan fingerprint density at radius 1 is 0.652 bits per heavy atom. The molecule has 1 fully saturated rings. The lowest BCUT2D eigenvalue weighted by molar-refractivity contribution is -0.772. The van der Waals surface area contributed by atoms with Gasteiger partial charge in [0.25, 0.3) is 5.54 Å². The molecule has 3 unspecified atom stereocenters. The Bertz CT molecular complexity index is 2100. The number of pyridine rings is 2. The molecule has 232 valence electrons. The van der Waals surface area contributed by atoms with E-state index < -0.39 is 63.8 Å². The van der Waals surface area contributed by atoms with Gasteiger partial charge in [-0.2, -0.15) is 48.6 Å². The number of aromatic nitrogens is 2. The van der Waals surface area contributed by atoms with Crippen molar-refractivity contribution in [1.82, 2.24) is 0 Å². The maximum Gasteiger partial charge on any atom is 0.417 e. The van der Waals surface area contributed by atoms with E-state index in [1.165, 1.54) is 16.7 Å². The van der Waals surface area contributed by atoms with E-state index in [0.29, 0.717) is 22.4 Å². The van der Waals surface area contributed by atoms with Crippen LogP contribution in [-0.4, -0.2) is 0 Å². The van der Waals surface area contributed by atoms with Gasteiger partial charge in [0.2, 0.25) is 17.4 Å². The standard InChI is InChI=1S/C35H21F9N2/c1-18-11-12-25-27-23(33(36,37)38)16-24(34(39,40)41)29(35(42,43)44)28(27)30-31(45(25)17-18)32(30)22-10-6-5-9-21(22)26-15-20(13-14-46(26)32)19-7-3-2-4-8-19/h2-17,30-31H,1H3/q+2. The minimum Gasteiger partial charge on any atom is -0.187 e. The third-order valence-corrected chi connectivity index (χ3v) is 9.48. The average Bonchev–Trinajstić information content (AvgIpc) is 3.61. The number of benzene rings is 3.